The summed E-state index contributed by atoms with van der Waals surface area (Å²) in [5, 5.41) is 2.44. The number of rotatable bonds is 7. The Bertz CT molecular complexity index is 1790. The minimum atomic E-state index is -0.799. The van der Waals surface area contributed by atoms with Gasteiger partial charge in [-0.2, -0.15) is 0 Å². The Balaban J connectivity index is 1.32. The minimum absolute atomic E-state index is 0.250. The van der Waals surface area contributed by atoms with Crippen LogP contribution < -0.4 is 15.1 Å². The fourth-order valence-electron chi connectivity index (χ4n) is 5.27. The van der Waals surface area contributed by atoms with Crippen molar-refractivity contribution in [1.29, 1.82) is 0 Å². The molecule has 2 aliphatic rings. The van der Waals surface area contributed by atoms with E-state index < -0.39 is 29.0 Å². The van der Waals surface area contributed by atoms with Gasteiger partial charge in [0, 0.05) is 33.3 Å². The Morgan fingerprint density at radius 2 is 1.77 bits per heavy atom. The molecular formula is C30H23BrN4O6S2. The van der Waals surface area contributed by atoms with Gasteiger partial charge in [-0.25, -0.2) is 9.69 Å². The number of imide groups is 1. The van der Waals surface area contributed by atoms with Crippen molar-refractivity contribution in [3.05, 3.63) is 103 Å². The summed E-state index contributed by atoms with van der Waals surface area (Å²) in [6.45, 7) is 1.67. The van der Waals surface area contributed by atoms with Crippen molar-refractivity contribution in [2.45, 2.75) is 29.7 Å². The van der Waals surface area contributed by atoms with E-state index in [2.05, 4.69) is 26.2 Å². The normalized spacial score (nSPS) is 19.1. The maximum absolute atomic E-state index is 13.9. The molecule has 1 fully saturated rings. The van der Waals surface area contributed by atoms with E-state index in [-0.39, 0.29) is 29.8 Å². The maximum Gasteiger partial charge on any atom is 0.338 e. The summed E-state index contributed by atoms with van der Waals surface area (Å²) < 4.78 is 7.16. The number of esters is 1. The second kappa shape index (κ2) is 11.9. The van der Waals surface area contributed by atoms with Crippen LogP contribution in [0.1, 0.15) is 33.6 Å². The Morgan fingerprint density at radius 3 is 2.44 bits per heavy atom. The van der Waals surface area contributed by atoms with E-state index in [0.717, 1.165) is 27.6 Å². The van der Waals surface area contributed by atoms with Crippen molar-refractivity contribution >= 4 is 74.1 Å². The fraction of sp³-hybridized carbons (Fsp3) is 0.200. The minimum Gasteiger partial charge on any atom is -0.462 e. The molecule has 3 amide bonds. The fourth-order valence-corrected chi connectivity index (χ4v) is 8.30. The summed E-state index contributed by atoms with van der Waals surface area (Å²) in [6, 6.07) is 16.8. The van der Waals surface area contributed by atoms with Gasteiger partial charge in [0.25, 0.3) is 0 Å². The standard InChI is InChI=1S/C30H23BrN4O6S2/c1-2-41-29(39)16-5-9-19(10-6-16)33-21(36)15-34-28-25(43-30(34)40)22(17-4-3-13-32-14-17)23-24(42-28)27(38)35(26(23)37)20-11-7-18(31)8-12-20/h3-14,22-24H,2,15H2,1H3,(H,33,36)/t22-,23+,24-/m0/s1. The smallest absolute Gasteiger partial charge is 0.338 e. The molecule has 2 aliphatic heterocycles. The number of benzene rings is 2. The molecule has 0 spiro atoms. The highest BCUT2D eigenvalue weighted by Gasteiger charge is 2.56. The number of hydrogen-bond donors (Lipinski definition) is 1. The van der Waals surface area contributed by atoms with Crippen LogP contribution in [0, 0.1) is 5.92 Å². The van der Waals surface area contributed by atoms with Gasteiger partial charge in [0.2, 0.25) is 17.7 Å². The van der Waals surface area contributed by atoms with Gasteiger partial charge in [-0.15, -0.1) is 0 Å². The number of ether oxygens (including phenoxy) is 1. The number of amides is 3. The van der Waals surface area contributed by atoms with Crippen molar-refractivity contribution in [2.75, 3.05) is 16.8 Å². The molecule has 10 nitrogen and oxygen atoms in total. The molecule has 13 heteroatoms. The third-order valence-electron chi connectivity index (χ3n) is 7.16. The van der Waals surface area contributed by atoms with E-state index in [1.54, 1.807) is 73.9 Å². The van der Waals surface area contributed by atoms with Gasteiger partial charge >= 0.3 is 10.8 Å². The van der Waals surface area contributed by atoms with E-state index in [0.29, 0.717) is 32.4 Å². The van der Waals surface area contributed by atoms with Crippen LogP contribution in [0.2, 0.25) is 0 Å². The van der Waals surface area contributed by atoms with Gasteiger partial charge in [0.1, 0.15) is 11.8 Å². The second-order valence-corrected chi connectivity index (χ2v) is 12.8. The van der Waals surface area contributed by atoms with Crippen LogP contribution in [0.5, 0.6) is 0 Å². The highest BCUT2D eigenvalue weighted by atomic mass is 79.9. The van der Waals surface area contributed by atoms with E-state index >= 15 is 0 Å². The lowest BCUT2D eigenvalue weighted by Gasteiger charge is -2.30. The third-order valence-corrected chi connectivity index (χ3v) is 10.3. The molecule has 1 saturated heterocycles. The lowest BCUT2D eigenvalue weighted by atomic mass is 9.84. The predicted molar refractivity (Wildman–Crippen MR) is 165 cm³/mol. The first-order chi connectivity index (χ1) is 20.8. The number of thiazole rings is 1. The number of thioether (sulfide) groups is 1. The van der Waals surface area contributed by atoms with Gasteiger partial charge in [-0.3, -0.25) is 28.7 Å². The Labute approximate surface area is 262 Å². The monoisotopic (exact) mass is 678 g/mol. The highest BCUT2D eigenvalue weighted by Crippen LogP contribution is 2.53. The van der Waals surface area contributed by atoms with Crippen molar-refractivity contribution in [2.24, 2.45) is 5.92 Å². The molecule has 4 heterocycles. The highest BCUT2D eigenvalue weighted by molar-refractivity contribution is 9.10. The van der Waals surface area contributed by atoms with Crippen LogP contribution >= 0.6 is 39.0 Å². The summed E-state index contributed by atoms with van der Waals surface area (Å²) in [5.74, 6) is -2.99. The quantitative estimate of drug-likeness (QED) is 0.221. The SMILES string of the molecule is CCOC(=O)c1ccc(NC(=O)Cn2c3c(sc2=O)[C@@H](c2cccnc2)[C@H]2C(=O)N(c4ccc(Br)cc4)C(=O)[C@H]2S3)cc1. The second-order valence-electron chi connectivity index (χ2n) is 9.79. The number of pyridine rings is 1. The number of nitrogens with zero attached hydrogens (tertiary/aromatic N) is 3. The van der Waals surface area contributed by atoms with Gasteiger partial charge in [-0.05, 0) is 67.1 Å². The summed E-state index contributed by atoms with van der Waals surface area (Å²) >= 11 is 5.50. The summed E-state index contributed by atoms with van der Waals surface area (Å²) in [4.78, 5) is 71.7. The zero-order valence-electron chi connectivity index (χ0n) is 22.6. The molecular weight excluding hydrogens is 656 g/mol. The molecule has 0 radical (unpaired) electrons. The molecule has 0 aliphatic carbocycles. The summed E-state index contributed by atoms with van der Waals surface area (Å²) in [6.07, 6.45) is 3.26. The predicted octanol–water partition coefficient (Wildman–Crippen LogP) is 4.68. The number of fused-ring (bicyclic) bond motifs is 2. The Hall–Kier alpha value is -4.07. The molecule has 0 saturated carbocycles. The van der Waals surface area contributed by atoms with Crippen LogP contribution in [-0.4, -0.2) is 45.1 Å². The Morgan fingerprint density at radius 1 is 1.02 bits per heavy atom. The average Bonchev–Trinajstić information content (AvgIpc) is 3.44. The molecule has 4 aromatic rings. The van der Waals surface area contributed by atoms with E-state index in [1.807, 2.05) is 6.07 Å². The molecule has 43 heavy (non-hydrogen) atoms. The molecule has 6 rings (SSSR count). The van der Waals surface area contributed by atoms with Gasteiger partial charge in [-0.1, -0.05) is 45.1 Å². The molecule has 2 aromatic heterocycles. The number of carbonyl (C=O) groups is 4. The molecule has 2 aromatic carbocycles. The Kier molecular flexibility index (Phi) is 8.03. The van der Waals surface area contributed by atoms with Gasteiger partial charge in [0.15, 0.2) is 0 Å². The number of hydrogen-bond acceptors (Lipinski definition) is 9. The van der Waals surface area contributed by atoms with E-state index in [1.165, 1.54) is 9.47 Å². The molecule has 1 N–H and O–H groups in total. The number of anilines is 2. The zero-order chi connectivity index (χ0) is 30.2. The number of carbonyl (C=O) groups excluding carboxylic acids is 4. The first-order valence-electron chi connectivity index (χ1n) is 13.3. The first-order valence-corrected chi connectivity index (χ1v) is 15.8. The third kappa shape index (κ3) is 5.43. The molecule has 3 atom stereocenters. The summed E-state index contributed by atoms with van der Waals surface area (Å²) in [5.41, 5.74) is 1.96. The lowest BCUT2D eigenvalue weighted by Crippen LogP contribution is -2.33. The summed E-state index contributed by atoms with van der Waals surface area (Å²) in [7, 11) is 0. The maximum atomic E-state index is 13.9. The van der Waals surface area contributed by atoms with Crippen molar-refractivity contribution in [3.8, 4) is 0 Å². The molecule has 218 valence electrons. The largest absolute Gasteiger partial charge is 0.462 e. The molecule has 0 unspecified atom stereocenters. The van der Waals surface area contributed by atoms with Crippen LogP contribution in [0.25, 0.3) is 0 Å². The van der Waals surface area contributed by atoms with Gasteiger partial charge in [0.05, 0.1) is 28.8 Å². The number of nitrogens with one attached hydrogen (secondary N) is 1. The van der Waals surface area contributed by atoms with Gasteiger partial charge < -0.3 is 10.1 Å². The van der Waals surface area contributed by atoms with Crippen molar-refractivity contribution in [3.63, 3.8) is 0 Å². The van der Waals surface area contributed by atoms with Crippen LogP contribution in [0.15, 0.2) is 87.4 Å². The zero-order valence-corrected chi connectivity index (χ0v) is 25.8. The van der Waals surface area contributed by atoms with Crippen molar-refractivity contribution < 1.29 is 23.9 Å². The number of aromatic nitrogens is 2. The van der Waals surface area contributed by atoms with Crippen LogP contribution in [-0.2, 0) is 25.7 Å². The van der Waals surface area contributed by atoms with Crippen LogP contribution in [0.3, 0.4) is 0 Å². The van der Waals surface area contributed by atoms with Crippen LogP contribution in [0.4, 0.5) is 11.4 Å². The van der Waals surface area contributed by atoms with E-state index in [4.69, 9.17) is 4.74 Å². The van der Waals surface area contributed by atoms with E-state index in [9.17, 15) is 24.0 Å². The van der Waals surface area contributed by atoms with Crippen molar-refractivity contribution in [1.82, 2.24) is 9.55 Å². The lowest BCUT2D eigenvalue weighted by molar-refractivity contribution is -0.122. The first kappa shape index (κ1) is 29.0. The average molecular weight is 680 g/mol. The number of halogens is 1. The topological polar surface area (TPSA) is 128 Å². The molecule has 0 bridgehead atoms.